The number of fused-ring (bicyclic) bond motifs is 3. The highest BCUT2D eigenvalue weighted by Crippen LogP contribution is 2.22. The molecule has 0 unspecified atom stereocenters. The van der Waals surface area contributed by atoms with Gasteiger partial charge in [-0.15, -0.1) is 5.10 Å². The molecule has 0 fully saturated rings. The van der Waals surface area contributed by atoms with E-state index < -0.39 is 0 Å². The van der Waals surface area contributed by atoms with Crippen LogP contribution in [0.4, 0.5) is 11.5 Å². The molecule has 0 radical (unpaired) electrons. The van der Waals surface area contributed by atoms with Crippen LogP contribution in [0.25, 0.3) is 16.7 Å². The van der Waals surface area contributed by atoms with Gasteiger partial charge in [-0.25, -0.2) is 4.98 Å². The zero-order valence-corrected chi connectivity index (χ0v) is 17.4. The molecule has 0 spiro atoms. The molecule has 8 heteroatoms. The van der Waals surface area contributed by atoms with E-state index in [-0.39, 0.29) is 11.8 Å². The highest BCUT2D eigenvalue weighted by atomic mass is 16.1. The zero-order chi connectivity index (χ0) is 21.9. The smallest absolute Gasteiger partial charge is 0.251 e. The molecule has 0 aliphatic rings. The van der Waals surface area contributed by atoms with Crippen LogP contribution in [0.1, 0.15) is 28.8 Å². The van der Waals surface area contributed by atoms with Crippen molar-refractivity contribution in [3.05, 3.63) is 90.0 Å². The molecule has 3 aromatic carbocycles. The number of nitrogens with one attached hydrogen (secondary N) is 2. The van der Waals surface area contributed by atoms with Crippen molar-refractivity contribution in [3.63, 3.8) is 0 Å². The van der Waals surface area contributed by atoms with Crippen molar-refractivity contribution in [2.75, 3.05) is 11.9 Å². The molecule has 2 N–H and O–H groups in total. The van der Waals surface area contributed by atoms with E-state index in [0.29, 0.717) is 23.6 Å². The van der Waals surface area contributed by atoms with Crippen LogP contribution in [0.2, 0.25) is 0 Å². The Bertz CT molecular complexity index is 1380. The number of benzene rings is 3. The van der Waals surface area contributed by atoms with Gasteiger partial charge in [-0.1, -0.05) is 49.4 Å². The molecule has 2 heterocycles. The normalized spacial score (nSPS) is 12.0. The standard InChI is InChI=1S/C24H21N7O/c1-16(17-7-3-2-4-8-17)15-25-24(32)18-11-13-19(14-12-18)26-22-23-28-29-30-31(23)21-10-6-5-9-20(21)27-22/h2-14,16H,15H2,1H3,(H,25,32)(H,26,27)/t16-/m1/s1. The number of tetrazole rings is 1. The molecule has 158 valence electrons. The van der Waals surface area contributed by atoms with Crippen LogP contribution >= 0.6 is 0 Å². The van der Waals surface area contributed by atoms with Crippen molar-refractivity contribution < 1.29 is 4.79 Å². The van der Waals surface area contributed by atoms with Gasteiger partial charge in [0.2, 0.25) is 5.65 Å². The first-order chi connectivity index (χ1) is 15.7. The van der Waals surface area contributed by atoms with Crippen molar-refractivity contribution >= 4 is 34.1 Å². The second-order valence-corrected chi connectivity index (χ2v) is 7.59. The van der Waals surface area contributed by atoms with Crippen LogP contribution < -0.4 is 10.6 Å². The molecule has 0 saturated heterocycles. The van der Waals surface area contributed by atoms with E-state index in [9.17, 15) is 4.79 Å². The number of para-hydroxylation sites is 2. The highest BCUT2D eigenvalue weighted by Gasteiger charge is 2.13. The first-order valence-electron chi connectivity index (χ1n) is 10.4. The van der Waals surface area contributed by atoms with E-state index >= 15 is 0 Å². The summed E-state index contributed by atoms with van der Waals surface area (Å²) in [6.07, 6.45) is 0. The lowest BCUT2D eigenvalue weighted by Gasteiger charge is -2.13. The summed E-state index contributed by atoms with van der Waals surface area (Å²) in [5.74, 6) is 0.675. The molecule has 32 heavy (non-hydrogen) atoms. The summed E-state index contributed by atoms with van der Waals surface area (Å²) in [6, 6.07) is 25.1. The van der Waals surface area contributed by atoms with Gasteiger partial charge < -0.3 is 10.6 Å². The van der Waals surface area contributed by atoms with E-state index in [1.54, 1.807) is 16.6 Å². The Balaban J connectivity index is 1.30. The summed E-state index contributed by atoms with van der Waals surface area (Å²) in [6.45, 7) is 2.67. The van der Waals surface area contributed by atoms with E-state index in [1.807, 2.05) is 54.6 Å². The number of carbonyl (C=O) groups excluding carboxylic acids is 1. The molecule has 0 aliphatic heterocycles. The molecule has 0 bridgehead atoms. The van der Waals surface area contributed by atoms with Crippen molar-refractivity contribution in [3.8, 4) is 0 Å². The molecule has 1 amide bonds. The van der Waals surface area contributed by atoms with E-state index in [0.717, 1.165) is 16.7 Å². The maximum Gasteiger partial charge on any atom is 0.251 e. The fourth-order valence-corrected chi connectivity index (χ4v) is 3.58. The van der Waals surface area contributed by atoms with E-state index in [4.69, 9.17) is 0 Å². The van der Waals surface area contributed by atoms with Crippen molar-refractivity contribution in [1.29, 1.82) is 0 Å². The fraction of sp³-hybridized carbons (Fsp3) is 0.125. The molecule has 5 rings (SSSR count). The number of rotatable bonds is 6. The number of nitrogens with zero attached hydrogens (tertiary/aromatic N) is 5. The lowest BCUT2D eigenvalue weighted by Crippen LogP contribution is -2.27. The number of hydrogen-bond acceptors (Lipinski definition) is 6. The van der Waals surface area contributed by atoms with Crippen LogP contribution in [-0.4, -0.2) is 37.5 Å². The second kappa shape index (κ2) is 8.43. The Hall–Kier alpha value is -4.33. The third-order valence-electron chi connectivity index (χ3n) is 5.37. The lowest BCUT2D eigenvalue weighted by atomic mass is 10.0. The van der Waals surface area contributed by atoms with Gasteiger partial charge in [0.1, 0.15) is 0 Å². The number of aromatic nitrogens is 5. The summed E-state index contributed by atoms with van der Waals surface area (Å²) < 4.78 is 1.65. The Kier molecular flexibility index (Phi) is 5.17. The van der Waals surface area contributed by atoms with Crippen LogP contribution in [0.3, 0.4) is 0 Å². The molecular weight excluding hydrogens is 402 g/mol. The largest absolute Gasteiger partial charge is 0.351 e. The third kappa shape index (κ3) is 3.85. The molecule has 5 aromatic rings. The summed E-state index contributed by atoms with van der Waals surface area (Å²) in [4.78, 5) is 17.2. The highest BCUT2D eigenvalue weighted by molar-refractivity contribution is 5.94. The maximum atomic E-state index is 12.6. The Morgan fingerprint density at radius 3 is 2.53 bits per heavy atom. The van der Waals surface area contributed by atoms with Crippen molar-refractivity contribution in [2.45, 2.75) is 12.8 Å². The van der Waals surface area contributed by atoms with Gasteiger partial charge in [-0.05, 0) is 58.3 Å². The summed E-state index contributed by atoms with van der Waals surface area (Å²) >= 11 is 0. The molecule has 0 saturated carbocycles. The summed E-state index contributed by atoms with van der Waals surface area (Å²) in [5.41, 5.74) is 4.71. The van der Waals surface area contributed by atoms with Gasteiger partial charge in [0.15, 0.2) is 5.82 Å². The minimum Gasteiger partial charge on any atom is -0.351 e. The van der Waals surface area contributed by atoms with Crippen LogP contribution in [0.15, 0.2) is 78.9 Å². The summed E-state index contributed by atoms with van der Waals surface area (Å²) in [5, 5.41) is 18.2. The average molecular weight is 423 g/mol. The first kappa shape index (κ1) is 19.6. The van der Waals surface area contributed by atoms with Gasteiger partial charge in [0, 0.05) is 17.8 Å². The molecule has 1 atom stereocenters. The second-order valence-electron chi connectivity index (χ2n) is 7.59. The van der Waals surface area contributed by atoms with Gasteiger partial charge >= 0.3 is 0 Å². The van der Waals surface area contributed by atoms with E-state index in [1.165, 1.54) is 5.56 Å². The predicted molar refractivity (Wildman–Crippen MR) is 123 cm³/mol. The Morgan fingerprint density at radius 1 is 0.969 bits per heavy atom. The maximum absolute atomic E-state index is 12.6. The third-order valence-corrected chi connectivity index (χ3v) is 5.37. The number of anilines is 2. The number of amides is 1. The zero-order valence-electron chi connectivity index (χ0n) is 17.4. The number of hydrogen-bond donors (Lipinski definition) is 2. The lowest BCUT2D eigenvalue weighted by molar-refractivity contribution is 0.0951. The van der Waals surface area contributed by atoms with Gasteiger partial charge in [0.05, 0.1) is 11.0 Å². The SMILES string of the molecule is C[C@H](CNC(=O)c1ccc(Nc2nc3ccccc3n3nnnc23)cc1)c1ccccc1. The van der Waals surface area contributed by atoms with Gasteiger partial charge in [-0.3, -0.25) is 4.79 Å². The molecule has 2 aromatic heterocycles. The Morgan fingerprint density at radius 2 is 1.72 bits per heavy atom. The van der Waals surface area contributed by atoms with Crippen LogP contribution in [-0.2, 0) is 0 Å². The fourth-order valence-electron chi connectivity index (χ4n) is 3.58. The van der Waals surface area contributed by atoms with Crippen LogP contribution in [0, 0.1) is 0 Å². The molecule has 0 aliphatic carbocycles. The van der Waals surface area contributed by atoms with Crippen molar-refractivity contribution in [1.82, 2.24) is 30.3 Å². The van der Waals surface area contributed by atoms with Crippen LogP contribution in [0.5, 0.6) is 0 Å². The van der Waals surface area contributed by atoms with Crippen molar-refractivity contribution in [2.24, 2.45) is 0 Å². The monoisotopic (exact) mass is 423 g/mol. The first-order valence-corrected chi connectivity index (χ1v) is 10.4. The predicted octanol–water partition coefficient (Wildman–Crippen LogP) is 3.95. The topological polar surface area (TPSA) is 97.1 Å². The van der Waals surface area contributed by atoms with E-state index in [2.05, 4.69) is 50.2 Å². The summed E-state index contributed by atoms with van der Waals surface area (Å²) in [7, 11) is 0. The average Bonchev–Trinajstić information content (AvgIpc) is 3.34. The quantitative estimate of drug-likeness (QED) is 0.429. The van der Waals surface area contributed by atoms with Gasteiger partial charge in [0.25, 0.3) is 5.91 Å². The minimum absolute atomic E-state index is 0.104. The molecule has 8 nitrogen and oxygen atoms in total. The minimum atomic E-state index is -0.104. The van der Waals surface area contributed by atoms with Gasteiger partial charge in [-0.2, -0.15) is 4.52 Å². The molecular formula is C24H21N7O. The Labute approximate surface area is 184 Å². The number of carbonyl (C=O) groups is 1.